The average molecular weight is 244 g/mol. The Hall–Kier alpha value is -2.66. The number of hydrogen-bond donors (Lipinski definition) is 0. The summed E-state index contributed by atoms with van der Waals surface area (Å²) in [6.45, 7) is 3.41. The molecule has 0 aromatic carbocycles. The molecule has 0 atom stereocenters. The summed E-state index contributed by atoms with van der Waals surface area (Å²) in [6.07, 6.45) is 8.30. The zero-order valence-electron chi connectivity index (χ0n) is 9.89. The number of hydrogen-bond acceptors (Lipinski definition) is 3. The van der Waals surface area contributed by atoms with Gasteiger partial charge in [0.25, 0.3) is 0 Å². The fourth-order valence-corrected chi connectivity index (χ4v) is 1.19. The Morgan fingerprint density at radius 3 is 3.06 bits per heavy atom. The number of rotatable bonds is 5. The van der Waals surface area contributed by atoms with E-state index >= 15 is 0 Å². The zero-order valence-corrected chi connectivity index (χ0v) is 9.89. The Balaban J connectivity index is 2.79. The van der Waals surface area contributed by atoms with Crippen molar-refractivity contribution in [3.05, 3.63) is 47.4 Å². The minimum Gasteiger partial charge on any atom is -0.340 e. The van der Waals surface area contributed by atoms with Gasteiger partial charge in [-0.25, -0.2) is 4.98 Å². The average Bonchev–Trinajstić information content (AvgIpc) is 2.75. The Morgan fingerprint density at radius 2 is 2.50 bits per heavy atom. The van der Waals surface area contributed by atoms with Crippen molar-refractivity contribution >= 4 is 17.7 Å². The normalized spacial score (nSPS) is 11.3. The predicted molar refractivity (Wildman–Crippen MR) is 68.9 cm³/mol. The standard InChI is InChI=1S/C11H12N6O/c1-3-4-9(10-7-17(2)8-14-10)5-13-6-11(18)15-16-12/h3-5,7-8H,1,6H2,2H3/b9-4+,13-5?. The number of allylic oxidation sites excluding steroid dienone is 3. The lowest BCUT2D eigenvalue weighted by Gasteiger charge is -1.95. The quantitative estimate of drug-likeness (QED) is 0.260. The van der Waals surface area contributed by atoms with Crippen LogP contribution in [-0.2, 0) is 11.8 Å². The number of nitrogens with zero attached hydrogens (tertiary/aromatic N) is 6. The van der Waals surface area contributed by atoms with Gasteiger partial charge in [-0.3, -0.25) is 9.79 Å². The molecule has 7 heteroatoms. The number of aromatic nitrogens is 2. The van der Waals surface area contributed by atoms with Gasteiger partial charge in [-0.15, -0.1) is 0 Å². The van der Waals surface area contributed by atoms with Crippen molar-refractivity contribution in [3.8, 4) is 0 Å². The first-order valence-electron chi connectivity index (χ1n) is 5.06. The van der Waals surface area contributed by atoms with E-state index in [1.807, 2.05) is 13.2 Å². The molecule has 1 amide bonds. The van der Waals surface area contributed by atoms with E-state index in [0.717, 1.165) is 11.3 Å². The molecule has 0 spiro atoms. The third-order valence-corrected chi connectivity index (χ3v) is 1.91. The van der Waals surface area contributed by atoms with Crippen LogP contribution in [0.25, 0.3) is 16.0 Å². The number of aliphatic imine (C=N–C) groups is 1. The smallest absolute Gasteiger partial charge is 0.240 e. The lowest BCUT2D eigenvalue weighted by atomic mass is 10.2. The highest BCUT2D eigenvalue weighted by atomic mass is 16.1. The van der Waals surface area contributed by atoms with Crippen molar-refractivity contribution < 1.29 is 4.79 Å². The maximum atomic E-state index is 10.9. The summed E-state index contributed by atoms with van der Waals surface area (Å²) < 4.78 is 1.80. The molecule has 0 unspecified atom stereocenters. The molecule has 0 fully saturated rings. The number of amides is 1. The minimum atomic E-state index is -0.632. The van der Waals surface area contributed by atoms with Gasteiger partial charge in [-0.05, 0) is 10.6 Å². The van der Waals surface area contributed by atoms with Crippen LogP contribution in [0.3, 0.4) is 0 Å². The van der Waals surface area contributed by atoms with Crippen LogP contribution in [-0.4, -0.2) is 28.2 Å². The summed E-state index contributed by atoms with van der Waals surface area (Å²) in [4.78, 5) is 21.4. The molecule has 0 radical (unpaired) electrons. The van der Waals surface area contributed by atoms with Gasteiger partial charge in [-0.1, -0.05) is 18.7 Å². The van der Waals surface area contributed by atoms with Crippen LogP contribution in [0.4, 0.5) is 0 Å². The Kier molecular flexibility index (Phi) is 5.08. The van der Waals surface area contributed by atoms with E-state index in [0.29, 0.717) is 0 Å². The molecule has 1 rings (SSSR count). The highest BCUT2D eigenvalue weighted by Gasteiger charge is 2.01. The molecule has 1 heterocycles. The van der Waals surface area contributed by atoms with Crippen molar-refractivity contribution in [2.75, 3.05) is 6.54 Å². The van der Waals surface area contributed by atoms with Gasteiger partial charge >= 0.3 is 0 Å². The third kappa shape index (κ3) is 4.07. The van der Waals surface area contributed by atoms with Crippen LogP contribution in [0.2, 0.25) is 0 Å². The molecular weight excluding hydrogens is 232 g/mol. The second-order valence-corrected chi connectivity index (χ2v) is 3.34. The molecule has 0 aliphatic carbocycles. The molecule has 18 heavy (non-hydrogen) atoms. The Morgan fingerprint density at radius 1 is 1.72 bits per heavy atom. The van der Waals surface area contributed by atoms with Gasteiger partial charge in [0.1, 0.15) is 6.54 Å². The zero-order chi connectivity index (χ0) is 13.4. The summed E-state index contributed by atoms with van der Waals surface area (Å²) in [5, 5.41) is 2.91. The van der Waals surface area contributed by atoms with E-state index in [4.69, 9.17) is 5.53 Å². The SMILES string of the molecule is C=C/C=C(\C=NCC(=O)N=[N+]=[N-])c1cn(C)cn1. The van der Waals surface area contributed by atoms with Gasteiger partial charge in [-0.2, -0.15) is 0 Å². The molecule has 0 bridgehead atoms. The molecule has 0 saturated carbocycles. The fraction of sp³-hybridized carbons (Fsp3) is 0.182. The molecule has 0 aliphatic rings. The summed E-state index contributed by atoms with van der Waals surface area (Å²) in [7, 11) is 1.85. The van der Waals surface area contributed by atoms with Crippen LogP contribution in [0, 0.1) is 0 Å². The van der Waals surface area contributed by atoms with Crippen molar-refractivity contribution in [1.29, 1.82) is 0 Å². The predicted octanol–water partition coefficient (Wildman–Crippen LogP) is 1.90. The van der Waals surface area contributed by atoms with Crippen molar-refractivity contribution in [3.63, 3.8) is 0 Å². The first-order valence-corrected chi connectivity index (χ1v) is 5.06. The van der Waals surface area contributed by atoms with E-state index in [-0.39, 0.29) is 6.54 Å². The number of carbonyl (C=O) groups excluding carboxylic acids is 1. The van der Waals surface area contributed by atoms with Crippen molar-refractivity contribution in [1.82, 2.24) is 9.55 Å². The van der Waals surface area contributed by atoms with Gasteiger partial charge in [0.2, 0.25) is 5.91 Å². The largest absolute Gasteiger partial charge is 0.340 e. The van der Waals surface area contributed by atoms with E-state index < -0.39 is 5.91 Å². The van der Waals surface area contributed by atoms with Crippen LogP contribution in [0.15, 0.2) is 41.4 Å². The lowest BCUT2D eigenvalue weighted by Crippen LogP contribution is -1.97. The lowest BCUT2D eigenvalue weighted by molar-refractivity contribution is -0.116. The van der Waals surface area contributed by atoms with Crippen LogP contribution in [0.1, 0.15) is 5.69 Å². The highest BCUT2D eigenvalue weighted by Crippen LogP contribution is 2.09. The maximum absolute atomic E-state index is 10.9. The fourth-order valence-electron chi connectivity index (χ4n) is 1.19. The first-order chi connectivity index (χ1) is 8.67. The highest BCUT2D eigenvalue weighted by molar-refractivity contribution is 6.09. The Labute approximate surface area is 104 Å². The van der Waals surface area contributed by atoms with E-state index in [1.54, 1.807) is 23.0 Å². The number of imidazole rings is 1. The topological polar surface area (TPSA) is 96.0 Å². The number of aryl methyl sites for hydroxylation is 1. The molecule has 1 aromatic heterocycles. The first kappa shape index (κ1) is 13.4. The molecule has 92 valence electrons. The number of azide groups is 1. The third-order valence-electron chi connectivity index (χ3n) is 1.91. The van der Waals surface area contributed by atoms with E-state index in [1.165, 1.54) is 6.21 Å². The summed E-state index contributed by atoms with van der Waals surface area (Å²) >= 11 is 0. The van der Waals surface area contributed by atoms with Gasteiger partial charge in [0, 0.05) is 29.9 Å². The molecule has 0 saturated heterocycles. The second kappa shape index (κ2) is 6.82. The molecular formula is C11H12N6O. The van der Waals surface area contributed by atoms with Crippen LogP contribution < -0.4 is 0 Å². The molecule has 0 N–H and O–H groups in total. The minimum absolute atomic E-state index is 0.189. The van der Waals surface area contributed by atoms with E-state index in [2.05, 4.69) is 26.6 Å². The van der Waals surface area contributed by atoms with Crippen LogP contribution in [0.5, 0.6) is 0 Å². The Bertz CT molecular complexity index is 548. The summed E-state index contributed by atoms with van der Waals surface area (Å²) in [5.41, 5.74) is 9.50. The summed E-state index contributed by atoms with van der Waals surface area (Å²) in [6, 6.07) is 0. The molecule has 0 aliphatic heterocycles. The van der Waals surface area contributed by atoms with Crippen molar-refractivity contribution in [2.24, 2.45) is 17.2 Å². The van der Waals surface area contributed by atoms with Gasteiger partial charge in [0.05, 0.1) is 12.0 Å². The maximum Gasteiger partial charge on any atom is 0.240 e. The van der Waals surface area contributed by atoms with E-state index in [9.17, 15) is 4.79 Å². The monoisotopic (exact) mass is 244 g/mol. The summed E-state index contributed by atoms with van der Waals surface area (Å²) in [5.74, 6) is -0.632. The van der Waals surface area contributed by atoms with Gasteiger partial charge < -0.3 is 4.57 Å². The van der Waals surface area contributed by atoms with Crippen molar-refractivity contribution in [2.45, 2.75) is 0 Å². The van der Waals surface area contributed by atoms with Crippen LogP contribution >= 0.6 is 0 Å². The van der Waals surface area contributed by atoms with Gasteiger partial charge in [0.15, 0.2) is 0 Å². The molecule has 1 aromatic rings. The molecule has 7 nitrogen and oxygen atoms in total. The number of carbonyl (C=O) groups is 1. The second-order valence-electron chi connectivity index (χ2n) is 3.34.